The van der Waals surface area contributed by atoms with E-state index in [1.54, 1.807) is 0 Å². The molecule has 2 atom stereocenters. The quantitative estimate of drug-likeness (QED) is 0.696. The summed E-state index contributed by atoms with van der Waals surface area (Å²) in [4.78, 5) is 0. The number of hydrogen-bond acceptors (Lipinski definition) is 2. The van der Waals surface area contributed by atoms with Crippen LogP contribution in [0, 0.1) is 5.92 Å². The van der Waals surface area contributed by atoms with Crippen LogP contribution in [0.15, 0.2) is 0 Å². The van der Waals surface area contributed by atoms with E-state index in [1.807, 2.05) is 0 Å². The van der Waals surface area contributed by atoms with Gasteiger partial charge in [0.25, 0.3) is 0 Å². The molecule has 0 aromatic carbocycles. The van der Waals surface area contributed by atoms with Gasteiger partial charge in [-0.1, -0.05) is 19.8 Å². The van der Waals surface area contributed by atoms with Gasteiger partial charge in [0.15, 0.2) is 0 Å². The molecule has 2 saturated carbocycles. The number of nitrogens with two attached hydrogens (primary N) is 1. The second-order valence-electron chi connectivity index (χ2n) is 4.93. The summed E-state index contributed by atoms with van der Waals surface area (Å²) in [6.07, 6.45) is 8.21. The van der Waals surface area contributed by atoms with E-state index in [0.29, 0.717) is 5.54 Å². The van der Waals surface area contributed by atoms with E-state index in [-0.39, 0.29) is 0 Å². The van der Waals surface area contributed by atoms with Crippen molar-refractivity contribution in [1.29, 1.82) is 0 Å². The van der Waals surface area contributed by atoms with Crippen molar-refractivity contribution in [3.8, 4) is 0 Å². The molecule has 0 amide bonds. The average Bonchev–Trinajstić information content (AvgIpc) is 2.64. The Morgan fingerprint density at radius 2 is 2.00 bits per heavy atom. The zero-order valence-corrected chi connectivity index (χ0v) is 8.68. The third-order valence-corrected chi connectivity index (χ3v) is 4.18. The van der Waals surface area contributed by atoms with Gasteiger partial charge in [0.1, 0.15) is 0 Å². The maximum absolute atomic E-state index is 5.87. The fourth-order valence-electron chi connectivity index (χ4n) is 2.83. The van der Waals surface area contributed by atoms with E-state index in [9.17, 15) is 0 Å². The third kappa shape index (κ3) is 1.62. The molecule has 2 nitrogen and oxygen atoms in total. The fraction of sp³-hybridized carbons (Fsp3) is 1.00. The van der Waals surface area contributed by atoms with Crippen molar-refractivity contribution in [3.05, 3.63) is 0 Å². The molecule has 3 N–H and O–H groups in total. The maximum Gasteiger partial charge on any atom is 0.0332 e. The van der Waals surface area contributed by atoms with E-state index >= 15 is 0 Å². The summed E-state index contributed by atoms with van der Waals surface area (Å²) in [5.41, 5.74) is 6.19. The topological polar surface area (TPSA) is 38.0 Å². The van der Waals surface area contributed by atoms with Crippen molar-refractivity contribution in [2.45, 2.75) is 57.0 Å². The van der Waals surface area contributed by atoms with Gasteiger partial charge in [-0.25, -0.2) is 0 Å². The Hall–Kier alpha value is -0.0800. The molecule has 0 heterocycles. The SMILES string of the molecule is CC1CCC1(CN)NC1CCCC1. The largest absolute Gasteiger partial charge is 0.329 e. The van der Waals surface area contributed by atoms with Crippen molar-refractivity contribution in [3.63, 3.8) is 0 Å². The van der Waals surface area contributed by atoms with E-state index in [0.717, 1.165) is 18.5 Å². The Morgan fingerprint density at radius 1 is 1.31 bits per heavy atom. The standard InChI is InChI=1S/C11H22N2/c1-9-6-7-11(9,8-12)13-10-4-2-3-5-10/h9-10,13H,2-8,12H2,1H3. The first-order valence-corrected chi connectivity index (χ1v) is 5.74. The molecule has 0 spiro atoms. The molecule has 2 fully saturated rings. The molecule has 2 heteroatoms. The van der Waals surface area contributed by atoms with Crippen LogP contribution in [0.25, 0.3) is 0 Å². The minimum absolute atomic E-state index is 0.314. The van der Waals surface area contributed by atoms with Gasteiger partial charge in [0, 0.05) is 18.1 Å². The third-order valence-electron chi connectivity index (χ3n) is 4.18. The first-order chi connectivity index (χ1) is 6.27. The molecule has 2 aliphatic carbocycles. The summed E-state index contributed by atoms with van der Waals surface area (Å²) in [6.45, 7) is 3.16. The molecule has 13 heavy (non-hydrogen) atoms. The molecule has 0 bridgehead atoms. The second kappa shape index (κ2) is 3.58. The molecule has 2 rings (SSSR count). The van der Waals surface area contributed by atoms with Crippen LogP contribution in [0.5, 0.6) is 0 Å². The Bertz CT molecular complexity index is 171. The molecule has 0 radical (unpaired) electrons. The lowest BCUT2D eigenvalue weighted by Gasteiger charge is -2.50. The highest BCUT2D eigenvalue weighted by molar-refractivity contribution is 5.03. The Kier molecular flexibility index (Phi) is 2.61. The van der Waals surface area contributed by atoms with Crippen LogP contribution in [0.1, 0.15) is 45.4 Å². The Balaban J connectivity index is 1.90. The van der Waals surface area contributed by atoms with Gasteiger partial charge in [-0.3, -0.25) is 0 Å². The van der Waals surface area contributed by atoms with E-state index in [1.165, 1.54) is 38.5 Å². The minimum Gasteiger partial charge on any atom is -0.329 e. The molecular formula is C11H22N2. The van der Waals surface area contributed by atoms with Crippen LogP contribution in [-0.2, 0) is 0 Å². The molecular weight excluding hydrogens is 160 g/mol. The number of nitrogens with one attached hydrogen (secondary N) is 1. The molecule has 76 valence electrons. The van der Waals surface area contributed by atoms with Gasteiger partial charge in [-0.15, -0.1) is 0 Å². The fourth-order valence-corrected chi connectivity index (χ4v) is 2.83. The summed E-state index contributed by atoms with van der Waals surface area (Å²) in [5.74, 6) is 0.790. The van der Waals surface area contributed by atoms with Crippen LogP contribution in [0.3, 0.4) is 0 Å². The van der Waals surface area contributed by atoms with Crippen LogP contribution in [0.2, 0.25) is 0 Å². The Labute approximate surface area is 81.3 Å². The smallest absolute Gasteiger partial charge is 0.0332 e. The van der Waals surface area contributed by atoms with E-state index in [4.69, 9.17) is 5.73 Å². The predicted molar refractivity (Wildman–Crippen MR) is 55.6 cm³/mol. The lowest BCUT2D eigenvalue weighted by atomic mass is 9.67. The van der Waals surface area contributed by atoms with Gasteiger partial charge < -0.3 is 11.1 Å². The number of hydrogen-bond donors (Lipinski definition) is 2. The minimum atomic E-state index is 0.314. The van der Waals surface area contributed by atoms with Crippen molar-refractivity contribution in [2.75, 3.05) is 6.54 Å². The van der Waals surface area contributed by atoms with Crippen molar-refractivity contribution >= 4 is 0 Å². The lowest BCUT2D eigenvalue weighted by molar-refractivity contribution is 0.0905. The highest BCUT2D eigenvalue weighted by atomic mass is 15.1. The molecule has 0 saturated heterocycles. The molecule has 2 unspecified atom stereocenters. The maximum atomic E-state index is 5.87. The highest BCUT2D eigenvalue weighted by Gasteiger charge is 2.43. The summed E-state index contributed by atoms with van der Waals surface area (Å²) >= 11 is 0. The average molecular weight is 182 g/mol. The van der Waals surface area contributed by atoms with Crippen LogP contribution < -0.4 is 11.1 Å². The van der Waals surface area contributed by atoms with Crippen molar-refractivity contribution < 1.29 is 0 Å². The van der Waals surface area contributed by atoms with Crippen LogP contribution in [0.4, 0.5) is 0 Å². The summed E-state index contributed by atoms with van der Waals surface area (Å²) in [6, 6.07) is 0.770. The van der Waals surface area contributed by atoms with Gasteiger partial charge in [0.05, 0.1) is 0 Å². The molecule has 0 aromatic heterocycles. The summed E-state index contributed by atoms with van der Waals surface area (Å²) in [5, 5.41) is 3.80. The predicted octanol–water partition coefficient (Wildman–Crippen LogP) is 1.65. The molecule has 0 aromatic rings. The molecule has 0 aliphatic heterocycles. The van der Waals surface area contributed by atoms with Gasteiger partial charge in [-0.05, 0) is 31.6 Å². The normalized spacial score (nSPS) is 40.6. The highest BCUT2D eigenvalue weighted by Crippen LogP contribution is 2.38. The first-order valence-electron chi connectivity index (χ1n) is 5.74. The van der Waals surface area contributed by atoms with E-state index in [2.05, 4.69) is 12.2 Å². The van der Waals surface area contributed by atoms with Crippen molar-refractivity contribution in [2.24, 2.45) is 11.7 Å². The van der Waals surface area contributed by atoms with Gasteiger partial charge >= 0.3 is 0 Å². The Morgan fingerprint density at radius 3 is 2.38 bits per heavy atom. The van der Waals surface area contributed by atoms with Gasteiger partial charge in [0.2, 0.25) is 0 Å². The number of rotatable bonds is 3. The summed E-state index contributed by atoms with van der Waals surface area (Å²) in [7, 11) is 0. The zero-order chi connectivity index (χ0) is 9.31. The summed E-state index contributed by atoms with van der Waals surface area (Å²) < 4.78 is 0. The van der Waals surface area contributed by atoms with Crippen LogP contribution in [-0.4, -0.2) is 18.1 Å². The van der Waals surface area contributed by atoms with Gasteiger partial charge in [-0.2, -0.15) is 0 Å². The zero-order valence-electron chi connectivity index (χ0n) is 8.68. The monoisotopic (exact) mass is 182 g/mol. The van der Waals surface area contributed by atoms with E-state index < -0.39 is 0 Å². The second-order valence-corrected chi connectivity index (χ2v) is 4.93. The molecule has 2 aliphatic rings. The lowest BCUT2D eigenvalue weighted by Crippen LogP contribution is -2.64. The van der Waals surface area contributed by atoms with Crippen molar-refractivity contribution in [1.82, 2.24) is 5.32 Å². The first kappa shape index (κ1) is 9.47. The van der Waals surface area contributed by atoms with Crippen LogP contribution >= 0.6 is 0 Å².